The van der Waals surface area contributed by atoms with Crippen LogP contribution < -0.4 is 28.6 Å². The number of ether oxygens (including phenoxy) is 5. The van der Waals surface area contributed by atoms with Crippen molar-refractivity contribution in [2.24, 2.45) is 0 Å². The number of hydrogen-bond donors (Lipinski definition) is 2. The molecule has 1 atom stereocenters. The molecular formula is C28H23NO9. The molecule has 0 aliphatic carbocycles. The van der Waals surface area contributed by atoms with Crippen LogP contribution in [0, 0.1) is 0 Å². The number of hydrogen-bond acceptors (Lipinski definition) is 9. The topological polar surface area (TPSA) is 124 Å². The molecule has 10 heteroatoms. The van der Waals surface area contributed by atoms with Gasteiger partial charge in [-0.25, -0.2) is 0 Å². The van der Waals surface area contributed by atoms with E-state index < -0.39 is 17.7 Å². The van der Waals surface area contributed by atoms with Gasteiger partial charge in [-0.2, -0.15) is 0 Å². The Morgan fingerprint density at radius 1 is 0.921 bits per heavy atom. The first-order valence-corrected chi connectivity index (χ1v) is 12.0. The Labute approximate surface area is 217 Å². The standard InChI is InChI=1S/C28H23NO9/c1-2-34-21-11-15(3-6-18(21)30)25-24(26(31)16-4-7-19-22(12-16)36-10-9-35-19)27(32)28(33)29(25)17-5-8-20-23(13-17)38-14-37-20/h3-8,11-13,25,30-31H,2,9-10,14H2,1H3/b26-24+. The first-order chi connectivity index (χ1) is 18.5. The van der Waals surface area contributed by atoms with Crippen molar-refractivity contribution in [3.05, 3.63) is 71.3 Å². The van der Waals surface area contributed by atoms with E-state index in [1.807, 2.05) is 0 Å². The number of aliphatic hydroxyl groups excluding tert-OH is 1. The summed E-state index contributed by atoms with van der Waals surface area (Å²) < 4.78 is 27.6. The van der Waals surface area contributed by atoms with Crippen LogP contribution in [0.5, 0.6) is 34.5 Å². The van der Waals surface area contributed by atoms with Gasteiger partial charge in [-0.1, -0.05) is 6.07 Å². The van der Waals surface area contributed by atoms with E-state index in [1.165, 1.54) is 11.0 Å². The fourth-order valence-corrected chi connectivity index (χ4v) is 4.77. The molecule has 1 unspecified atom stereocenters. The Kier molecular flexibility index (Phi) is 5.71. The van der Waals surface area contributed by atoms with Crippen molar-refractivity contribution in [2.75, 3.05) is 31.5 Å². The Balaban J connectivity index is 1.53. The van der Waals surface area contributed by atoms with Crippen LogP contribution in [0.15, 0.2) is 60.2 Å². The van der Waals surface area contributed by atoms with Crippen LogP contribution in [-0.2, 0) is 9.59 Å². The van der Waals surface area contributed by atoms with Gasteiger partial charge in [-0.05, 0) is 55.0 Å². The Hall–Kier alpha value is -4.86. The summed E-state index contributed by atoms with van der Waals surface area (Å²) in [4.78, 5) is 28.3. The summed E-state index contributed by atoms with van der Waals surface area (Å²) in [6.07, 6.45) is 0. The average Bonchev–Trinajstić information content (AvgIpc) is 3.51. The molecule has 0 aromatic heterocycles. The molecule has 3 aliphatic rings. The highest BCUT2D eigenvalue weighted by atomic mass is 16.7. The molecule has 3 aliphatic heterocycles. The third-order valence-electron chi connectivity index (χ3n) is 6.49. The van der Waals surface area contributed by atoms with Gasteiger partial charge in [-0.3, -0.25) is 14.5 Å². The van der Waals surface area contributed by atoms with Crippen LogP contribution in [0.3, 0.4) is 0 Å². The minimum Gasteiger partial charge on any atom is -0.507 e. The average molecular weight is 517 g/mol. The predicted octanol–water partition coefficient (Wildman–Crippen LogP) is 3.92. The number of ketones is 1. The summed E-state index contributed by atoms with van der Waals surface area (Å²) in [5.41, 5.74) is 0.972. The second-order valence-corrected chi connectivity index (χ2v) is 8.73. The van der Waals surface area contributed by atoms with Gasteiger partial charge in [0.2, 0.25) is 6.79 Å². The van der Waals surface area contributed by atoms with Gasteiger partial charge in [0.1, 0.15) is 19.0 Å². The first kappa shape index (κ1) is 23.5. The third kappa shape index (κ3) is 3.81. The zero-order valence-electron chi connectivity index (χ0n) is 20.3. The fourth-order valence-electron chi connectivity index (χ4n) is 4.77. The third-order valence-corrected chi connectivity index (χ3v) is 6.49. The molecule has 0 spiro atoms. The smallest absolute Gasteiger partial charge is 0.300 e. The highest BCUT2D eigenvalue weighted by molar-refractivity contribution is 6.51. The molecule has 3 heterocycles. The number of nitrogens with zero attached hydrogens (tertiary/aromatic N) is 1. The van der Waals surface area contributed by atoms with Gasteiger partial charge in [0.25, 0.3) is 11.7 Å². The summed E-state index contributed by atoms with van der Waals surface area (Å²) in [5, 5.41) is 21.7. The molecule has 0 radical (unpaired) electrons. The van der Waals surface area contributed by atoms with Crippen molar-refractivity contribution in [1.82, 2.24) is 0 Å². The molecule has 3 aromatic rings. The monoisotopic (exact) mass is 517 g/mol. The number of fused-ring (bicyclic) bond motifs is 2. The molecule has 6 rings (SSSR count). The molecule has 1 fully saturated rings. The molecule has 1 saturated heterocycles. The number of benzene rings is 3. The number of carbonyl (C=O) groups is 2. The summed E-state index contributed by atoms with van der Waals surface area (Å²) >= 11 is 0. The van der Waals surface area contributed by atoms with Crippen LogP contribution in [0.1, 0.15) is 24.1 Å². The molecule has 1 amide bonds. The van der Waals surface area contributed by atoms with Gasteiger partial charge in [0.15, 0.2) is 34.5 Å². The molecule has 3 aromatic carbocycles. The largest absolute Gasteiger partial charge is 0.507 e. The number of amides is 1. The lowest BCUT2D eigenvalue weighted by Crippen LogP contribution is -2.29. The number of Topliss-reactive ketones (excluding diaryl/α,β-unsaturated/α-hetero) is 1. The van der Waals surface area contributed by atoms with E-state index in [2.05, 4.69) is 0 Å². The highest BCUT2D eigenvalue weighted by Gasteiger charge is 2.47. The van der Waals surface area contributed by atoms with Crippen molar-refractivity contribution >= 4 is 23.1 Å². The molecule has 0 bridgehead atoms. The van der Waals surface area contributed by atoms with Crippen LogP contribution in [0.25, 0.3) is 5.76 Å². The molecule has 0 saturated carbocycles. The van der Waals surface area contributed by atoms with E-state index in [1.54, 1.807) is 55.5 Å². The first-order valence-electron chi connectivity index (χ1n) is 12.0. The Morgan fingerprint density at radius 3 is 2.45 bits per heavy atom. The minimum atomic E-state index is -1.04. The van der Waals surface area contributed by atoms with Crippen molar-refractivity contribution in [1.29, 1.82) is 0 Å². The van der Waals surface area contributed by atoms with Crippen LogP contribution in [0.4, 0.5) is 5.69 Å². The van der Waals surface area contributed by atoms with E-state index >= 15 is 0 Å². The molecule has 38 heavy (non-hydrogen) atoms. The van der Waals surface area contributed by atoms with E-state index in [-0.39, 0.29) is 41.8 Å². The zero-order valence-corrected chi connectivity index (χ0v) is 20.3. The maximum Gasteiger partial charge on any atom is 0.300 e. The number of anilines is 1. The lowest BCUT2D eigenvalue weighted by atomic mass is 9.94. The summed E-state index contributed by atoms with van der Waals surface area (Å²) in [6, 6.07) is 13.2. The maximum atomic E-state index is 13.5. The summed E-state index contributed by atoms with van der Waals surface area (Å²) in [7, 11) is 0. The lowest BCUT2D eigenvalue weighted by molar-refractivity contribution is -0.132. The van der Waals surface area contributed by atoms with E-state index in [9.17, 15) is 19.8 Å². The highest BCUT2D eigenvalue weighted by Crippen LogP contribution is 2.46. The number of aromatic hydroxyl groups is 1. The SMILES string of the molecule is CCOc1cc(C2/C(=C(\O)c3ccc4c(c3)OCCO4)C(=O)C(=O)N2c2ccc3c(c2)OCO3)ccc1O. The number of phenols is 1. The fraction of sp³-hybridized carbons (Fsp3) is 0.214. The van der Waals surface area contributed by atoms with Gasteiger partial charge in [-0.15, -0.1) is 0 Å². The van der Waals surface area contributed by atoms with Gasteiger partial charge >= 0.3 is 0 Å². The van der Waals surface area contributed by atoms with Gasteiger partial charge < -0.3 is 33.9 Å². The molecular weight excluding hydrogens is 494 g/mol. The van der Waals surface area contributed by atoms with Crippen LogP contribution in [-0.4, -0.2) is 48.5 Å². The summed E-state index contributed by atoms with van der Waals surface area (Å²) in [6.45, 7) is 2.85. The maximum absolute atomic E-state index is 13.5. The Bertz CT molecular complexity index is 1500. The number of carbonyl (C=O) groups excluding carboxylic acids is 2. The number of aliphatic hydroxyl groups is 1. The van der Waals surface area contributed by atoms with Crippen molar-refractivity contribution < 1.29 is 43.5 Å². The minimum absolute atomic E-state index is 0.0425. The van der Waals surface area contributed by atoms with Crippen LogP contribution >= 0.6 is 0 Å². The van der Waals surface area contributed by atoms with Crippen molar-refractivity contribution in [2.45, 2.75) is 13.0 Å². The van der Waals surface area contributed by atoms with E-state index in [0.717, 1.165) is 0 Å². The van der Waals surface area contributed by atoms with Gasteiger partial charge in [0, 0.05) is 17.3 Å². The predicted molar refractivity (Wildman–Crippen MR) is 134 cm³/mol. The van der Waals surface area contributed by atoms with E-state index in [0.29, 0.717) is 47.5 Å². The second-order valence-electron chi connectivity index (χ2n) is 8.73. The van der Waals surface area contributed by atoms with Crippen LogP contribution in [0.2, 0.25) is 0 Å². The number of phenolic OH excluding ortho intramolecular Hbond substituents is 1. The van der Waals surface area contributed by atoms with Crippen molar-refractivity contribution in [3.8, 4) is 34.5 Å². The molecule has 2 N–H and O–H groups in total. The molecule has 194 valence electrons. The lowest BCUT2D eigenvalue weighted by Gasteiger charge is -2.26. The van der Waals surface area contributed by atoms with Crippen molar-refractivity contribution in [3.63, 3.8) is 0 Å². The van der Waals surface area contributed by atoms with E-state index in [4.69, 9.17) is 23.7 Å². The quantitative estimate of drug-likeness (QED) is 0.294. The molecule has 10 nitrogen and oxygen atoms in total. The second kappa shape index (κ2) is 9.22. The zero-order chi connectivity index (χ0) is 26.4. The van der Waals surface area contributed by atoms with Gasteiger partial charge in [0.05, 0.1) is 18.2 Å². The number of rotatable bonds is 5. The normalized spacial score (nSPS) is 19.1. The summed E-state index contributed by atoms with van der Waals surface area (Å²) in [5.74, 6) is -0.111. The Morgan fingerprint density at radius 2 is 1.63 bits per heavy atom.